The Labute approximate surface area is 89.2 Å². The molecule has 0 atom stereocenters. The standard InChI is InChI=1S/C8H6ClNO5/c1-15-7-4(8(11)12)2-3-5(9)6(7)10(13)14/h2-3H,1H3,(H,11,12). The van der Waals surface area contributed by atoms with E-state index in [9.17, 15) is 14.9 Å². The Morgan fingerprint density at radius 1 is 1.60 bits per heavy atom. The lowest BCUT2D eigenvalue weighted by Crippen LogP contribution is -2.03. The van der Waals surface area contributed by atoms with Crippen molar-refractivity contribution in [3.63, 3.8) is 0 Å². The number of nitrogens with zero attached hydrogens (tertiary/aromatic N) is 1. The molecular formula is C8H6ClNO5. The van der Waals surface area contributed by atoms with Crippen LogP contribution in [0.3, 0.4) is 0 Å². The van der Waals surface area contributed by atoms with E-state index in [0.29, 0.717) is 0 Å². The van der Waals surface area contributed by atoms with E-state index in [1.165, 1.54) is 0 Å². The van der Waals surface area contributed by atoms with Crippen molar-refractivity contribution in [2.45, 2.75) is 0 Å². The van der Waals surface area contributed by atoms with E-state index < -0.39 is 16.6 Å². The molecule has 6 nitrogen and oxygen atoms in total. The number of nitro groups is 1. The van der Waals surface area contributed by atoms with Gasteiger partial charge in [-0.25, -0.2) is 4.79 Å². The van der Waals surface area contributed by atoms with Crippen molar-refractivity contribution in [2.24, 2.45) is 0 Å². The molecule has 0 fully saturated rings. The number of rotatable bonds is 3. The molecule has 1 aromatic rings. The lowest BCUT2D eigenvalue weighted by atomic mass is 10.1. The Kier molecular flexibility index (Phi) is 3.11. The number of methoxy groups -OCH3 is 1. The molecule has 80 valence electrons. The number of aromatic carboxylic acids is 1. The van der Waals surface area contributed by atoms with Crippen LogP contribution in [-0.2, 0) is 0 Å². The van der Waals surface area contributed by atoms with Crippen molar-refractivity contribution in [1.29, 1.82) is 0 Å². The Morgan fingerprint density at radius 2 is 2.20 bits per heavy atom. The molecule has 0 aliphatic rings. The minimum Gasteiger partial charge on any atom is -0.489 e. The summed E-state index contributed by atoms with van der Waals surface area (Å²) >= 11 is 5.57. The molecule has 0 aliphatic heterocycles. The van der Waals surface area contributed by atoms with Gasteiger partial charge >= 0.3 is 11.7 Å². The van der Waals surface area contributed by atoms with Gasteiger partial charge in [-0.3, -0.25) is 10.1 Å². The molecule has 0 heterocycles. The van der Waals surface area contributed by atoms with E-state index in [0.717, 1.165) is 19.2 Å². The predicted molar refractivity (Wildman–Crippen MR) is 51.6 cm³/mol. The van der Waals surface area contributed by atoms with Crippen LogP contribution < -0.4 is 4.74 Å². The second-order valence-corrected chi connectivity index (χ2v) is 2.95. The molecule has 0 saturated carbocycles. The third-order valence-electron chi connectivity index (χ3n) is 1.70. The summed E-state index contributed by atoms with van der Waals surface area (Å²) < 4.78 is 4.67. The predicted octanol–water partition coefficient (Wildman–Crippen LogP) is 1.96. The average molecular weight is 232 g/mol. The fourth-order valence-corrected chi connectivity index (χ4v) is 1.31. The van der Waals surface area contributed by atoms with Crippen LogP contribution >= 0.6 is 11.6 Å². The first-order valence-electron chi connectivity index (χ1n) is 3.73. The van der Waals surface area contributed by atoms with Crippen molar-refractivity contribution in [1.82, 2.24) is 0 Å². The molecule has 0 spiro atoms. The molecule has 0 bridgehead atoms. The Balaban J connectivity index is 3.54. The summed E-state index contributed by atoms with van der Waals surface area (Å²) in [5, 5.41) is 19.2. The van der Waals surface area contributed by atoms with Gasteiger partial charge in [0, 0.05) is 0 Å². The lowest BCUT2D eigenvalue weighted by molar-refractivity contribution is -0.385. The Morgan fingerprint density at radius 3 is 2.60 bits per heavy atom. The van der Waals surface area contributed by atoms with Gasteiger partial charge in [0.2, 0.25) is 5.75 Å². The number of carbonyl (C=O) groups is 1. The maximum atomic E-state index is 10.7. The zero-order chi connectivity index (χ0) is 11.6. The van der Waals surface area contributed by atoms with Crippen LogP contribution in [0.1, 0.15) is 10.4 Å². The lowest BCUT2D eigenvalue weighted by Gasteiger charge is -2.06. The fraction of sp³-hybridized carbons (Fsp3) is 0.125. The number of carboxylic acid groups (broad SMARTS) is 1. The van der Waals surface area contributed by atoms with Crippen LogP contribution in [0.5, 0.6) is 5.75 Å². The molecule has 7 heteroatoms. The molecule has 1 rings (SSSR count). The van der Waals surface area contributed by atoms with Crippen LogP contribution in [0.15, 0.2) is 12.1 Å². The zero-order valence-electron chi connectivity index (χ0n) is 7.56. The summed E-state index contributed by atoms with van der Waals surface area (Å²) in [6.07, 6.45) is 0. The summed E-state index contributed by atoms with van der Waals surface area (Å²) in [5.41, 5.74) is -0.840. The molecule has 0 radical (unpaired) electrons. The van der Waals surface area contributed by atoms with Crippen LogP contribution in [0.4, 0.5) is 5.69 Å². The third-order valence-corrected chi connectivity index (χ3v) is 2.00. The van der Waals surface area contributed by atoms with Gasteiger partial charge in [-0.1, -0.05) is 11.6 Å². The molecule has 1 N–H and O–H groups in total. The maximum Gasteiger partial charge on any atom is 0.339 e. The van der Waals surface area contributed by atoms with E-state index >= 15 is 0 Å². The molecule has 0 amide bonds. The molecule has 0 aromatic heterocycles. The van der Waals surface area contributed by atoms with Gasteiger partial charge < -0.3 is 9.84 Å². The molecule has 1 aromatic carbocycles. The van der Waals surface area contributed by atoms with Gasteiger partial charge in [-0.2, -0.15) is 0 Å². The van der Waals surface area contributed by atoms with Crippen molar-refractivity contribution < 1.29 is 19.6 Å². The van der Waals surface area contributed by atoms with Gasteiger partial charge in [-0.05, 0) is 12.1 Å². The largest absolute Gasteiger partial charge is 0.489 e. The first kappa shape index (κ1) is 11.3. The number of nitro benzene ring substituents is 1. The van der Waals surface area contributed by atoms with Crippen LogP contribution in [0, 0.1) is 10.1 Å². The average Bonchev–Trinajstić information content (AvgIpc) is 2.15. The second-order valence-electron chi connectivity index (χ2n) is 2.54. The van der Waals surface area contributed by atoms with E-state index in [4.69, 9.17) is 16.7 Å². The van der Waals surface area contributed by atoms with Gasteiger partial charge in [0.05, 0.1) is 12.0 Å². The SMILES string of the molecule is COc1c(C(=O)O)ccc(Cl)c1[N+](=O)[O-]. The number of halogens is 1. The van der Waals surface area contributed by atoms with Crippen molar-refractivity contribution in [3.8, 4) is 5.75 Å². The topological polar surface area (TPSA) is 89.7 Å². The summed E-state index contributed by atoms with van der Waals surface area (Å²) in [7, 11) is 1.14. The summed E-state index contributed by atoms with van der Waals surface area (Å²) in [6, 6.07) is 2.29. The maximum absolute atomic E-state index is 10.7. The number of benzene rings is 1. The highest BCUT2D eigenvalue weighted by Gasteiger charge is 2.26. The minimum absolute atomic E-state index is 0.165. The summed E-state index contributed by atoms with van der Waals surface area (Å²) in [5.74, 6) is -1.66. The molecule has 0 aliphatic carbocycles. The van der Waals surface area contributed by atoms with Crippen LogP contribution in [-0.4, -0.2) is 23.1 Å². The third kappa shape index (κ3) is 1.99. The van der Waals surface area contributed by atoms with Gasteiger partial charge in [0.1, 0.15) is 10.6 Å². The number of hydrogen-bond acceptors (Lipinski definition) is 4. The second kappa shape index (κ2) is 4.14. The van der Waals surface area contributed by atoms with Gasteiger partial charge in [0.25, 0.3) is 0 Å². The van der Waals surface area contributed by atoms with Crippen molar-refractivity contribution in [3.05, 3.63) is 32.8 Å². The highest BCUT2D eigenvalue weighted by Crippen LogP contribution is 2.37. The number of carboxylic acids is 1. The smallest absolute Gasteiger partial charge is 0.339 e. The Hall–Kier alpha value is -1.82. The highest BCUT2D eigenvalue weighted by molar-refractivity contribution is 6.33. The van der Waals surface area contributed by atoms with E-state index in [-0.39, 0.29) is 16.3 Å². The molecule has 0 unspecified atom stereocenters. The van der Waals surface area contributed by atoms with Gasteiger partial charge in [0.15, 0.2) is 0 Å². The van der Waals surface area contributed by atoms with E-state index in [1.807, 2.05) is 0 Å². The first-order chi connectivity index (χ1) is 6.99. The number of ether oxygens (including phenoxy) is 1. The van der Waals surface area contributed by atoms with Gasteiger partial charge in [-0.15, -0.1) is 0 Å². The molecular weight excluding hydrogens is 226 g/mol. The molecule has 15 heavy (non-hydrogen) atoms. The Bertz CT molecular complexity index is 431. The van der Waals surface area contributed by atoms with E-state index in [1.54, 1.807) is 0 Å². The monoisotopic (exact) mass is 231 g/mol. The van der Waals surface area contributed by atoms with Crippen LogP contribution in [0.2, 0.25) is 5.02 Å². The molecule has 0 saturated heterocycles. The summed E-state index contributed by atoms with van der Waals surface area (Å²) in [6.45, 7) is 0. The van der Waals surface area contributed by atoms with E-state index in [2.05, 4.69) is 4.74 Å². The quantitative estimate of drug-likeness (QED) is 0.634. The fourth-order valence-electron chi connectivity index (χ4n) is 1.09. The van der Waals surface area contributed by atoms with Crippen molar-refractivity contribution >= 4 is 23.3 Å². The zero-order valence-corrected chi connectivity index (χ0v) is 8.32. The first-order valence-corrected chi connectivity index (χ1v) is 4.11. The van der Waals surface area contributed by atoms with Crippen LogP contribution in [0.25, 0.3) is 0 Å². The number of hydrogen-bond donors (Lipinski definition) is 1. The normalized spacial score (nSPS) is 9.73. The van der Waals surface area contributed by atoms with Crippen molar-refractivity contribution in [2.75, 3.05) is 7.11 Å². The highest BCUT2D eigenvalue weighted by atomic mass is 35.5. The summed E-state index contributed by atoms with van der Waals surface area (Å²) in [4.78, 5) is 20.6. The minimum atomic E-state index is -1.31.